The number of fused-ring (bicyclic) bond motifs is 3. The van der Waals surface area contributed by atoms with Crippen LogP contribution in [-0.4, -0.2) is 37.6 Å². The molecule has 0 radical (unpaired) electrons. The maximum atomic E-state index is 13.1. The number of nitrogens with zero attached hydrogens (tertiary/aromatic N) is 4. The molecule has 3 heterocycles. The van der Waals surface area contributed by atoms with Crippen molar-refractivity contribution in [3.8, 4) is 0 Å². The number of rotatable bonds is 8. The van der Waals surface area contributed by atoms with E-state index < -0.39 is 5.91 Å². The maximum Gasteiger partial charge on any atom is 0.249 e. The number of hydrogen-bond acceptors (Lipinski definition) is 6. The monoisotopic (exact) mass is 420 g/mol. The molecule has 0 aliphatic rings. The van der Waals surface area contributed by atoms with Crippen LogP contribution in [0, 0.1) is 6.92 Å². The average Bonchev–Trinajstić information content (AvgIpc) is 3.44. The van der Waals surface area contributed by atoms with E-state index in [0.29, 0.717) is 58.7 Å². The fourth-order valence-corrected chi connectivity index (χ4v) is 3.84. The van der Waals surface area contributed by atoms with Crippen molar-refractivity contribution in [2.24, 2.45) is 11.5 Å². The van der Waals surface area contributed by atoms with Crippen LogP contribution in [0.1, 0.15) is 39.3 Å². The van der Waals surface area contributed by atoms with E-state index in [-0.39, 0.29) is 12.2 Å². The van der Waals surface area contributed by atoms with Crippen LogP contribution in [-0.2, 0) is 19.5 Å². The first-order chi connectivity index (χ1) is 14.9. The van der Waals surface area contributed by atoms with Crippen molar-refractivity contribution in [2.45, 2.75) is 33.4 Å². The molecule has 0 bridgehead atoms. The highest BCUT2D eigenvalue weighted by molar-refractivity contribution is 6.13. The zero-order valence-corrected chi connectivity index (χ0v) is 17.5. The molecule has 3 aromatic heterocycles. The molecule has 31 heavy (non-hydrogen) atoms. The molecule has 0 atom stereocenters. The topological polar surface area (TPSA) is 135 Å². The molecule has 4 rings (SSSR count). The summed E-state index contributed by atoms with van der Waals surface area (Å²) in [5.74, 6) is -0.0963. The third kappa shape index (κ3) is 3.64. The van der Waals surface area contributed by atoms with Gasteiger partial charge in [-0.1, -0.05) is 12.2 Å². The normalized spacial score (nSPS) is 11.8. The lowest BCUT2D eigenvalue weighted by molar-refractivity contribution is 0.0977. The van der Waals surface area contributed by atoms with Gasteiger partial charge in [0.15, 0.2) is 11.4 Å². The summed E-state index contributed by atoms with van der Waals surface area (Å²) >= 11 is 0. The Balaban J connectivity index is 1.87. The van der Waals surface area contributed by atoms with Crippen LogP contribution in [0.5, 0.6) is 0 Å². The number of aryl methyl sites for hydroxylation is 2. The molecule has 1 aromatic carbocycles. The Bertz CT molecular complexity index is 1320. The van der Waals surface area contributed by atoms with Crippen LogP contribution in [0.3, 0.4) is 0 Å². The van der Waals surface area contributed by atoms with E-state index in [1.54, 1.807) is 22.9 Å². The molecule has 160 valence electrons. The molecule has 0 aliphatic heterocycles. The molecule has 4 aromatic rings. The first kappa shape index (κ1) is 20.5. The number of benzene rings is 1. The van der Waals surface area contributed by atoms with Gasteiger partial charge in [0.1, 0.15) is 17.0 Å². The van der Waals surface area contributed by atoms with Crippen molar-refractivity contribution >= 4 is 33.7 Å². The zero-order chi connectivity index (χ0) is 22.1. The van der Waals surface area contributed by atoms with Gasteiger partial charge in [0.2, 0.25) is 5.91 Å². The number of nitrogens with two attached hydrogens (primary N) is 2. The summed E-state index contributed by atoms with van der Waals surface area (Å²) < 4.78 is 9.30. The largest absolute Gasteiger partial charge is 0.462 e. The first-order valence-electron chi connectivity index (χ1n) is 10.1. The second kappa shape index (κ2) is 8.19. The first-order valence-corrected chi connectivity index (χ1v) is 10.1. The highest BCUT2D eigenvalue weighted by Crippen LogP contribution is 2.31. The molecule has 9 heteroatoms. The summed E-state index contributed by atoms with van der Waals surface area (Å²) in [5, 5.41) is 4.97. The van der Waals surface area contributed by atoms with Gasteiger partial charge in [-0.15, -0.1) is 0 Å². The number of allylic oxidation sites excluding steroid dienone is 1. The summed E-state index contributed by atoms with van der Waals surface area (Å²) in [6, 6.07) is 5.13. The van der Waals surface area contributed by atoms with Gasteiger partial charge in [0, 0.05) is 25.0 Å². The predicted octanol–water partition coefficient (Wildman–Crippen LogP) is 2.35. The van der Waals surface area contributed by atoms with Gasteiger partial charge >= 0.3 is 0 Å². The maximum absolute atomic E-state index is 13.1. The standard InChI is InChI=1S/C22H24N6O3/c1-3-28-17(10-13(2)26-28)18(29)12-19-25-16-11-15(22(24)30)14-6-9-31-21(14)20(16)27(19)8-5-4-7-23/h4-6,9-11H,3,7-8,12,23H2,1-2H3,(H2,24,30)/b5-4+. The molecule has 0 unspecified atom stereocenters. The lowest BCUT2D eigenvalue weighted by Crippen LogP contribution is -2.15. The van der Waals surface area contributed by atoms with Gasteiger partial charge in [-0.25, -0.2) is 4.98 Å². The minimum Gasteiger partial charge on any atom is -0.462 e. The zero-order valence-electron chi connectivity index (χ0n) is 17.5. The van der Waals surface area contributed by atoms with Crippen molar-refractivity contribution in [1.82, 2.24) is 19.3 Å². The molecule has 0 fully saturated rings. The quantitative estimate of drug-likeness (QED) is 0.332. The molecule has 0 saturated heterocycles. The number of carbonyl (C=O) groups is 2. The van der Waals surface area contributed by atoms with Crippen molar-refractivity contribution in [1.29, 1.82) is 0 Å². The van der Waals surface area contributed by atoms with Crippen molar-refractivity contribution < 1.29 is 14.0 Å². The van der Waals surface area contributed by atoms with Gasteiger partial charge in [-0.2, -0.15) is 5.10 Å². The van der Waals surface area contributed by atoms with Gasteiger partial charge in [-0.3, -0.25) is 14.3 Å². The minimum absolute atomic E-state index is 0.0738. The van der Waals surface area contributed by atoms with E-state index in [4.69, 9.17) is 15.9 Å². The molecule has 4 N–H and O–H groups in total. The Morgan fingerprint density at radius 3 is 2.77 bits per heavy atom. The van der Waals surface area contributed by atoms with E-state index in [1.807, 2.05) is 30.6 Å². The molecular formula is C22H24N6O3. The SMILES string of the molecule is CCn1nc(C)cc1C(=O)Cc1nc2cc(C(N)=O)c3ccoc3c2n1C/C=C/CN. The van der Waals surface area contributed by atoms with Gasteiger partial charge in [0.05, 0.1) is 29.5 Å². The smallest absolute Gasteiger partial charge is 0.249 e. The van der Waals surface area contributed by atoms with Crippen molar-refractivity contribution in [2.75, 3.05) is 6.54 Å². The fourth-order valence-electron chi connectivity index (χ4n) is 3.84. The number of aromatic nitrogens is 4. The number of imidazole rings is 1. The number of carbonyl (C=O) groups excluding carboxylic acids is 2. The number of amides is 1. The molecule has 1 amide bonds. The molecule has 0 spiro atoms. The van der Waals surface area contributed by atoms with Gasteiger partial charge in [0.25, 0.3) is 0 Å². The van der Waals surface area contributed by atoms with Crippen LogP contribution in [0.15, 0.2) is 41.0 Å². The second-order valence-electron chi connectivity index (χ2n) is 7.25. The lowest BCUT2D eigenvalue weighted by atomic mass is 10.1. The number of hydrogen-bond donors (Lipinski definition) is 2. The second-order valence-corrected chi connectivity index (χ2v) is 7.25. The third-order valence-corrected chi connectivity index (χ3v) is 5.19. The molecule has 9 nitrogen and oxygen atoms in total. The van der Waals surface area contributed by atoms with Crippen molar-refractivity contribution in [3.05, 3.63) is 59.4 Å². The summed E-state index contributed by atoms with van der Waals surface area (Å²) in [4.78, 5) is 29.7. The van der Waals surface area contributed by atoms with Gasteiger partial charge < -0.3 is 20.5 Å². The van der Waals surface area contributed by atoms with Gasteiger partial charge in [-0.05, 0) is 32.0 Å². The predicted molar refractivity (Wildman–Crippen MR) is 117 cm³/mol. The number of primary amides is 1. The summed E-state index contributed by atoms with van der Waals surface area (Å²) in [5.41, 5.74) is 14.6. The lowest BCUT2D eigenvalue weighted by Gasteiger charge is -2.08. The molecular weight excluding hydrogens is 396 g/mol. The number of Topliss-reactive ketones (excluding diaryl/α,β-unsaturated/α-hetero) is 1. The molecule has 0 saturated carbocycles. The Morgan fingerprint density at radius 2 is 2.06 bits per heavy atom. The Kier molecular flexibility index (Phi) is 5.43. The number of furan rings is 1. The highest BCUT2D eigenvalue weighted by atomic mass is 16.3. The average molecular weight is 420 g/mol. The van der Waals surface area contributed by atoms with E-state index in [1.165, 1.54) is 6.26 Å². The summed E-state index contributed by atoms with van der Waals surface area (Å²) in [6.45, 7) is 5.25. The van der Waals surface area contributed by atoms with Crippen LogP contribution >= 0.6 is 0 Å². The Labute approximate surface area is 178 Å². The minimum atomic E-state index is -0.564. The van der Waals surface area contributed by atoms with Crippen LogP contribution in [0.2, 0.25) is 0 Å². The summed E-state index contributed by atoms with van der Waals surface area (Å²) in [7, 11) is 0. The number of ketones is 1. The van der Waals surface area contributed by atoms with E-state index in [9.17, 15) is 9.59 Å². The fraction of sp³-hybridized carbons (Fsp3) is 0.273. The molecule has 0 aliphatic carbocycles. The Hall–Kier alpha value is -3.72. The highest BCUT2D eigenvalue weighted by Gasteiger charge is 2.22. The Morgan fingerprint density at radius 1 is 1.26 bits per heavy atom. The van der Waals surface area contributed by atoms with Crippen LogP contribution in [0.25, 0.3) is 22.0 Å². The summed E-state index contributed by atoms with van der Waals surface area (Å²) in [6.07, 6.45) is 5.33. The van der Waals surface area contributed by atoms with Crippen molar-refractivity contribution in [3.63, 3.8) is 0 Å². The van der Waals surface area contributed by atoms with E-state index >= 15 is 0 Å². The van der Waals surface area contributed by atoms with E-state index in [2.05, 4.69) is 10.1 Å². The van der Waals surface area contributed by atoms with Crippen LogP contribution in [0.4, 0.5) is 0 Å². The third-order valence-electron chi connectivity index (χ3n) is 5.19. The van der Waals surface area contributed by atoms with E-state index in [0.717, 1.165) is 5.69 Å². The van der Waals surface area contributed by atoms with Crippen LogP contribution < -0.4 is 11.5 Å².